The van der Waals surface area contributed by atoms with E-state index in [4.69, 9.17) is 5.73 Å². The second kappa shape index (κ2) is 4.30. The molecular weight excluding hydrogens is 196 g/mol. The van der Waals surface area contributed by atoms with Gasteiger partial charge in [-0.25, -0.2) is 0 Å². The zero-order valence-corrected chi connectivity index (χ0v) is 10.5. The molecule has 0 aromatic rings. The molecule has 3 saturated carbocycles. The fourth-order valence-electron chi connectivity index (χ4n) is 4.85. The highest BCUT2D eigenvalue weighted by atomic mass is 15.1. The summed E-state index contributed by atoms with van der Waals surface area (Å²) in [6.07, 6.45) is 10.6. The van der Waals surface area contributed by atoms with E-state index in [0.29, 0.717) is 5.41 Å². The molecule has 0 amide bonds. The van der Waals surface area contributed by atoms with E-state index in [1.807, 2.05) is 0 Å². The van der Waals surface area contributed by atoms with Crippen molar-refractivity contribution >= 4 is 0 Å². The molecule has 1 aliphatic heterocycles. The quantitative estimate of drug-likeness (QED) is 0.776. The number of rotatable bonds is 2. The summed E-state index contributed by atoms with van der Waals surface area (Å²) in [6, 6.07) is 0. The Morgan fingerprint density at radius 3 is 2.62 bits per heavy atom. The van der Waals surface area contributed by atoms with Crippen molar-refractivity contribution in [1.82, 2.24) is 4.90 Å². The number of hydrogen-bond acceptors (Lipinski definition) is 2. The number of hydrogen-bond donors (Lipinski definition) is 1. The largest absolute Gasteiger partial charge is 0.329 e. The summed E-state index contributed by atoms with van der Waals surface area (Å²) < 4.78 is 0. The topological polar surface area (TPSA) is 29.3 Å². The average Bonchev–Trinajstić information content (AvgIpc) is 2.31. The predicted octanol–water partition coefficient (Wildman–Crippen LogP) is 2.24. The van der Waals surface area contributed by atoms with Gasteiger partial charge in [-0.15, -0.1) is 0 Å². The third kappa shape index (κ3) is 1.80. The molecule has 1 unspecified atom stereocenters. The van der Waals surface area contributed by atoms with E-state index in [-0.39, 0.29) is 0 Å². The molecule has 1 atom stereocenters. The van der Waals surface area contributed by atoms with Crippen molar-refractivity contribution in [3.63, 3.8) is 0 Å². The molecule has 1 spiro atoms. The first-order valence-corrected chi connectivity index (χ1v) is 7.25. The van der Waals surface area contributed by atoms with Crippen molar-refractivity contribution in [2.45, 2.75) is 44.9 Å². The van der Waals surface area contributed by atoms with Crippen LogP contribution in [0.1, 0.15) is 44.9 Å². The number of nitrogens with zero attached hydrogens (tertiary/aromatic N) is 1. The normalized spacial score (nSPS) is 44.1. The highest BCUT2D eigenvalue weighted by molar-refractivity contribution is 5.00. The summed E-state index contributed by atoms with van der Waals surface area (Å²) in [6.45, 7) is 4.63. The molecule has 4 rings (SSSR count). The van der Waals surface area contributed by atoms with Gasteiger partial charge in [0.2, 0.25) is 0 Å². The molecule has 1 saturated heterocycles. The molecular formula is C14H26N2. The molecule has 2 N–H and O–H groups in total. The monoisotopic (exact) mass is 222 g/mol. The molecule has 1 heterocycles. The number of likely N-dealkylation sites (tertiary alicyclic amines) is 1. The fraction of sp³-hybridized carbons (Fsp3) is 1.00. The molecule has 4 aliphatic rings. The first-order valence-electron chi connectivity index (χ1n) is 7.25. The summed E-state index contributed by atoms with van der Waals surface area (Å²) in [5, 5.41) is 0. The SMILES string of the molecule is NCCN1CCCC2(CC3CCC2CC3)C1. The number of nitrogens with two attached hydrogens (primary N) is 1. The summed E-state index contributed by atoms with van der Waals surface area (Å²) in [7, 11) is 0. The zero-order chi connectivity index (χ0) is 11.0. The van der Waals surface area contributed by atoms with Crippen LogP contribution in [0.3, 0.4) is 0 Å². The Labute approximate surface area is 99.6 Å². The lowest BCUT2D eigenvalue weighted by Crippen LogP contribution is -2.53. The molecule has 4 fully saturated rings. The molecule has 16 heavy (non-hydrogen) atoms. The van der Waals surface area contributed by atoms with Crippen LogP contribution < -0.4 is 5.73 Å². The minimum absolute atomic E-state index is 0.717. The smallest absolute Gasteiger partial charge is 0.0105 e. The molecule has 0 aromatic carbocycles. The van der Waals surface area contributed by atoms with Crippen LogP contribution in [0.5, 0.6) is 0 Å². The fourth-order valence-corrected chi connectivity index (χ4v) is 4.85. The van der Waals surface area contributed by atoms with Crippen LogP contribution in [0, 0.1) is 17.3 Å². The van der Waals surface area contributed by atoms with Gasteiger partial charge in [0.25, 0.3) is 0 Å². The van der Waals surface area contributed by atoms with Crippen LogP contribution in [0.4, 0.5) is 0 Å². The van der Waals surface area contributed by atoms with Gasteiger partial charge in [0.1, 0.15) is 0 Å². The third-order valence-corrected chi connectivity index (χ3v) is 5.54. The highest BCUT2D eigenvalue weighted by Gasteiger charge is 2.48. The third-order valence-electron chi connectivity index (χ3n) is 5.54. The van der Waals surface area contributed by atoms with Gasteiger partial charge in [0.15, 0.2) is 0 Å². The highest BCUT2D eigenvalue weighted by Crippen LogP contribution is 2.56. The van der Waals surface area contributed by atoms with Crippen molar-refractivity contribution in [1.29, 1.82) is 0 Å². The van der Waals surface area contributed by atoms with Crippen molar-refractivity contribution in [3.05, 3.63) is 0 Å². The van der Waals surface area contributed by atoms with E-state index >= 15 is 0 Å². The molecule has 2 heteroatoms. The zero-order valence-electron chi connectivity index (χ0n) is 10.5. The van der Waals surface area contributed by atoms with E-state index in [2.05, 4.69) is 4.90 Å². The van der Waals surface area contributed by atoms with Crippen molar-refractivity contribution < 1.29 is 0 Å². The van der Waals surface area contributed by atoms with Gasteiger partial charge in [-0.2, -0.15) is 0 Å². The average molecular weight is 222 g/mol. The second-order valence-electron chi connectivity index (χ2n) is 6.45. The number of fused-ring (bicyclic) bond motifs is 2. The summed E-state index contributed by atoms with van der Waals surface area (Å²) in [4.78, 5) is 2.64. The molecule has 0 aromatic heterocycles. The maximum Gasteiger partial charge on any atom is 0.0105 e. The van der Waals surface area contributed by atoms with Crippen LogP contribution in [0.15, 0.2) is 0 Å². The van der Waals surface area contributed by atoms with Gasteiger partial charge in [-0.05, 0) is 55.9 Å². The van der Waals surface area contributed by atoms with Gasteiger partial charge in [0.05, 0.1) is 0 Å². The Kier molecular flexibility index (Phi) is 2.97. The van der Waals surface area contributed by atoms with E-state index in [1.165, 1.54) is 51.6 Å². The van der Waals surface area contributed by atoms with Gasteiger partial charge in [-0.3, -0.25) is 0 Å². The Bertz CT molecular complexity index is 243. The Morgan fingerprint density at radius 2 is 2.00 bits per heavy atom. The van der Waals surface area contributed by atoms with E-state index in [9.17, 15) is 0 Å². The van der Waals surface area contributed by atoms with Crippen molar-refractivity contribution in [2.75, 3.05) is 26.2 Å². The summed E-state index contributed by atoms with van der Waals surface area (Å²) >= 11 is 0. The van der Waals surface area contributed by atoms with Gasteiger partial charge >= 0.3 is 0 Å². The standard InChI is InChI=1S/C14H26N2/c15-7-9-16-8-1-6-14(11-16)10-12-2-4-13(14)5-3-12/h12-13H,1-11,15H2. The lowest BCUT2D eigenvalue weighted by atomic mass is 9.53. The first-order chi connectivity index (χ1) is 7.82. The maximum absolute atomic E-state index is 5.71. The first kappa shape index (κ1) is 11.0. The Balaban J connectivity index is 1.72. The number of piperidine rings is 1. The molecule has 2 nitrogen and oxygen atoms in total. The second-order valence-corrected chi connectivity index (χ2v) is 6.45. The lowest BCUT2D eigenvalue weighted by molar-refractivity contribution is -0.0530. The molecule has 92 valence electrons. The van der Waals surface area contributed by atoms with Crippen molar-refractivity contribution in [2.24, 2.45) is 23.0 Å². The predicted molar refractivity (Wildman–Crippen MR) is 67.2 cm³/mol. The van der Waals surface area contributed by atoms with Crippen molar-refractivity contribution in [3.8, 4) is 0 Å². The van der Waals surface area contributed by atoms with Crippen LogP contribution in [0.25, 0.3) is 0 Å². The van der Waals surface area contributed by atoms with Gasteiger partial charge in [-0.1, -0.05) is 12.8 Å². The van der Waals surface area contributed by atoms with Crippen LogP contribution in [-0.2, 0) is 0 Å². The minimum atomic E-state index is 0.717. The Hall–Kier alpha value is -0.0800. The minimum Gasteiger partial charge on any atom is -0.329 e. The van der Waals surface area contributed by atoms with Gasteiger partial charge < -0.3 is 10.6 Å². The summed E-state index contributed by atoms with van der Waals surface area (Å²) in [5.74, 6) is 2.13. The van der Waals surface area contributed by atoms with E-state index in [0.717, 1.165) is 24.9 Å². The van der Waals surface area contributed by atoms with Crippen LogP contribution in [-0.4, -0.2) is 31.1 Å². The van der Waals surface area contributed by atoms with Gasteiger partial charge in [0, 0.05) is 19.6 Å². The molecule has 0 radical (unpaired) electrons. The maximum atomic E-state index is 5.71. The summed E-state index contributed by atoms with van der Waals surface area (Å²) in [5.41, 5.74) is 6.43. The van der Waals surface area contributed by atoms with E-state index in [1.54, 1.807) is 6.42 Å². The van der Waals surface area contributed by atoms with Crippen LogP contribution >= 0.6 is 0 Å². The van der Waals surface area contributed by atoms with Crippen LogP contribution in [0.2, 0.25) is 0 Å². The Morgan fingerprint density at radius 1 is 1.19 bits per heavy atom. The van der Waals surface area contributed by atoms with E-state index < -0.39 is 0 Å². The molecule has 3 aliphatic carbocycles. The molecule has 2 bridgehead atoms. The lowest BCUT2D eigenvalue weighted by Gasteiger charge is -2.56.